The molecule has 128 valence electrons. The molecular formula is C19H19N2O4+. The maximum absolute atomic E-state index is 12.1. The van der Waals surface area contributed by atoms with Crippen molar-refractivity contribution in [3.63, 3.8) is 0 Å². The summed E-state index contributed by atoms with van der Waals surface area (Å²) in [6, 6.07) is 14.5. The van der Waals surface area contributed by atoms with E-state index in [2.05, 4.69) is 10.3 Å². The maximum atomic E-state index is 12.1. The molecule has 0 atom stereocenters. The van der Waals surface area contributed by atoms with Gasteiger partial charge in [-0.25, -0.2) is 4.98 Å². The Balaban J connectivity index is 1.55. The molecule has 0 aliphatic heterocycles. The van der Waals surface area contributed by atoms with Crippen LogP contribution in [0.4, 0.5) is 0 Å². The highest BCUT2D eigenvalue weighted by atomic mass is 16.5. The van der Waals surface area contributed by atoms with Crippen molar-refractivity contribution in [2.75, 3.05) is 7.11 Å². The number of aromatic amines is 1. The highest BCUT2D eigenvalue weighted by Crippen LogP contribution is 2.26. The third kappa shape index (κ3) is 4.38. The van der Waals surface area contributed by atoms with Gasteiger partial charge in [0.2, 0.25) is 0 Å². The molecule has 0 fully saturated rings. The summed E-state index contributed by atoms with van der Waals surface area (Å²) in [5, 5.41) is 2.81. The smallest absolute Gasteiger partial charge is 0.287 e. The summed E-state index contributed by atoms with van der Waals surface area (Å²) in [7, 11) is 1.59. The van der Waals surface area contributed by atoms with E-state index in [-0.39, 0.29) is 18.3 Å². The van der Waals surface area contributed by atoms with E-state index in [1.54, 1.807) is 19.2 Å². The average Bonchev–Trinajstić information content (AvgIpc) is 3.14. The van der Waals surface area contributed by atoms with Crippen molar-refractivity contribution in [2.45, 2.75) is 13.2 Å². The highest BCUT2D eigenvalue weighted by molar-refractivity contribution is 5.91. The number of aromatic nitrogens is 1. The Bertz CT molecular complexity index is 830. The van der Waals surface area contributed by atoms with Gasteiger partial charge in [-0.1, -0.05) is 12.1 Å². The van der Waals surface area contributed by atoms with E-state index in [1.165, 1.54) is 0 Å². The van der Waals surface area contributed by atoms with Gasteiger partial charge in [-0.3, -0.25) is 4.79 Å². The highest BCUT2D eigenvalue weighted by Gasteiger charge is 2.12. The van der Waals surface area contributed by atoms with Crippen molar-refractivity contribution in [3.05, 3.63) is 78.0 Å². The number of hydrogen-bond acceptors (Lipinski definition) is 4. The molecule has 0 aliphatic rings. The normalized spacial score (nSPS) is 10.3. The van der Waals surface area contributed by atoms with Gasteiger partial charge in [0.1, 0.15) is 12.4 Å². The fraction of sp³-hybridized carbons (Fsp3) is 0.158. The molecule has 0 bridgehead atoms. The number of ether oxygens (including phenoxy) is 2. The number of carbonyl (C=O) groups is 1. The molecule has 6 nitrogen and oxygen atoms in total. The predicted molar refractivity (Wildman–Crippen MR) is 90.2 cm³/mol. The molecule has 0 unspecified atom stereocenters. The Kier molecular flexibility index (Phi) is 5.31. The van der Waals surface area contributed by atoms with Crippen LogP contribution in [0.1, 0.15) is 21.9 Å². The van der Waals surface area contributed by atoms with Crippen LogP contribution in [-0.4, -0.2) is 13.0 Å². The zero-order valence-electron chi connectivity index (χ0n) is 13.8. The Hall–Kier alpha value is -3.28. The maximum Gasteiger partial charge on any atom is 0.287 e. The minimum absolute atomic E-state index is 0.210. The number of benzene rings is 1. The molecule has 0 aliphatic carbocycles. The third-order valence-corrected chi connectivity index (χ3v) is 3.55. The van der Waals surface area contributed by atoms with Crippen LogP contribution in [0.15, 0.2) is 65.3 Å². The van der Waals surface area contributed by atoms with E-state index >= 15 is 0 Å². The van der Waals surface area contributed by atoms with E-state index in [9.17, 15) is 4.79 Å². The lowest BCUT2D eigenvalue weighted by molar-refractivity contribution is -0.378. The largest absolute Gasteiger partial charge is 0.493 e. The van der Waals surface area contributed by atoms with E-state index in [4.69, 9.17) is 13.9 Å². The number of hydrogen-bond donors (Lipinski definition) is 1. The van der Waals surface area contributed by atoms with Crippen LogP contribution < -0.4 is 19.8 Å². The van der Waals surface area contributed by atoms with Gasteiger partial charge in [-0.15, -0.1) is 0 Å². The predicted octanol–water partition coefficient (Wildman–Crippen LogP) is 2.61. The number of methoxy groups -OCH3 is 1. The van der Waals surface area contributed by atoms with Crippen molar-refractivity contribution >= 4 is 5.91 Å². The number of para-hydroxylation sites is 2. The summed E-state index contributed by atoms with van der Waals surface area (Å²) in [4.78, 5) is 15.1. The summed E-state index contributed by atoms with van der Waals surface area (Å²) in [5.74, 6) is 1.80. The van der Waals surface area contributed by atoms with Crippen molar-refractivity contribution in [2.24, 2.45) is 0 Å². The van der Waals surface area contributed by atoms with Gasteiger partial charge in [0.25, 0.3) is 5.91 Å². The van der Waals surface area contributed by atoms with Crippen LogP contribution in [0.2, 0.25) is 0 Å². The lowest BCUT2D eigenvalue weighted by atomic mass is 10.3. The first-order valence-corrected chi connectivity index (χ1v) is 7.84. The van der Waals surface area contributed by atoms with Gasteiger partial charge in [0, 0.05) is 18.2 Å². The molecule has 2 heterocycles. The fourth-order valence-corrected chi connectivity index (χ4v) is 2.27. The lowest BCUT2D eigenvalue weighted by Crippen LogP contribution is -2.23. The quantitative estimate of drug-likeness (QED) is 0.718. The molecule has 2 N–H and O–H groups in total. The second-order valence-electron chi connectivity index (χ2n) is 5.30. The molecule has 1 amide bonds. The van der Waals surface area contributed by atoms with E-state index in [0.29, 0.717) is 23.8 Å². The molecule has 0 spiro atoms. The number of carbonyl (C=O) groups excluding carboxylic acids is 1. The van der Waals surface area contributed by atoms with Crippen molar-refractivity contribution in [1.29, 1.82) is 0 Å². The van der Waals surface area contributed by atoms with Gasteiger partial charge in [0.15, 0.2) is 29.7 Å². The lowest BCUT2D eigenvalue weighted by Gasteiger charge is -2.08. The van der Waals surface area contributed by atoms with Crippen LogP contribution in [-0.2, 0) is 13.2 Å². The topological polar surface area (TPSA) is 74.8 Å². The van der Waals surface area contributed by atoms with Crippen LogP contribution >= 0.6 is 0 Å². The standard InChI is InChI=1S/C19H18N2O4/c1-23-16-6-2-3-7-17(16)24-13-15-8-9-18(25-15)19(22)21-12-14-5-4-10-20-11-14/h2-11H,12-13H2,1H3,(H,21,22)/p+1. The molecule has 2 aromatic heterocycles. The first-order valence-electron chi connectivity index (χ1n) is 7.84. The molecule has 0 radical (unpaired) electrons. The van der Waals surface area contributed by atoms with Crippen LogP contribution in [0, 0.1) is 0 Å². The molecule has 1 aromatic carbocycles. The number of furan rings is 1. The molecule has 0 saturated carbocycles. The van der Waals surface area contributed by atoms with Crippen molar-refractivity contribution in [3.8, 4) is 11.5 Å². The van der Waals surface area contributed by atoms with Crippen molar-refractivity contribution < 1.29 is 23.7 Å². The van der Waals surface area contributed by atoms with Gasteiger partial charge >= 0.3 is 0 Å². The number of rotatable bonds is 7. The second-order valence-corrected chi connectivity index (χ2v) is 5.30. The fourth-order valence-electron chi connectivity index (χ4n) is 2.27. The van der Waals surface area contributed by atoms with Gasteiger partial charge < -0.3 is 19.2 Å². The van der Waals surface area contributed by atoms with Crippen LogP contribution in [0.3, 0.4) is 0 Å². The van der Waals surface area contributed by atoms with Crippen LogP contribution in [0.5, 0.6) is 11.5 Å². The summed E-state index contributed by atoms with van der Waals surface area (Å²) in [6.07, 6.45) is 3.64. The SMILES string of the molecule is COc1ccccc1OCc1ccc(C(=O)NCc2ccc[nH+]c2)o1. The minimum Gasteiger partial charge on any atom is -0.493 e. The number of H-pyrrole nitrogens is 1. The minimum atomic E-state index is -0.271. The first kappa shape index (κ1) is 16.6. The Morgan fingerprint density at radius 1 is 1.12 bits per heavy atom. The molecule has 3 aromatic rings. The summed E-state index contributed by atoms with van der Waals surface area (Å²) in [5.41, 5.74) is 0.974. The summed E-state index contributed by atoms with van der Waals surface area (Å²) in [6.45, 7) is 0.630. The Labute approximate surface area is 145 Å². The Morgan fingerprint density at radius 3 is 2.72 bits per heavy atom. The molecule has 0 saturated heterocycles. The van der Waals surface area contributed by atoms with Gasteiger partial charge in [-0.2, -0.15) is 0 Å². The van der Waals surface area contributed by atoms with Crippen LogP contribution in [0.25, 0.3) is 0 Å². The monoisotopic (exact) mass is 339 g/mol. The van der Waals surface area contributed by atoms with Gasteiger partial charge in [0.05, 0.1) is 7.11 Å². The molecule has 25 heavy (non-hydrogen) atoms. The first-order chi connectivity index (χ1) is 12.3. The molecule has 3 rings (SSSR count). The summed E-state index contributed by atoms with van der Waals surface area (Å²) < 4.78 is 16.5. The number of amides is 1. The van der Waals surface area contributed by atoms with E-state index in [0.717, 1.165) is 5.56 Å². The van der Waals surface area contributed by atoms with E-state index < -0.39 is 0 Å². The Morgan fingerprint density at radius 2 is 1.96 bits per heavy atom. The number of nitrogens with one attached hydrogen (secondary N) is 2. The zero-order valence-corrected chi connectivity index (χ0v) is 13.8. The zero-order chi connectivity index (χ0) is 17.5. The van der Waals surface area contributed by atoms with Gasteiger partial charge in [-0.05, 0) is 30.3 Å². The molecule has 6 heteroatoms. The van der Waals surface area contributed by atoms with Crippen molar-refractivity contribution in [1.82, 2.24) is 5.32 Å². The van der Waals surface area contributed by atoms with E-state index in [1.807, 2.05) is 48.8 Å². The number of pyridine rings is 1. The molecular weight excluding hydrogens is 320 g/mol. The third-order valence-electron chi connectivity index (χ3n) is 3.55. The second kappa shape index (κ2) is 8.01. The summed E-state index contributed by atoms with van der Waals surface area (Å²) >= 11 is 0. The average molecular weight is 339 g/mol.